The minimum atomic E-state index is -0.241. The topological polar surface area (TPSA) is 36.4 Å². The molecule has 4 rings (SSSR count). The number of halogens is 1. The van der Waals surface area contributed by atoms with Gasteiger partial charge in [-0.3, -0.25) is 9.78 Å². The Morgan fingerprint density at radius 2 is 1.79 bits per heavy atom. The van der Waals surface area contributed by atoms with Crippen LogP contribution >= 0.6 is 0 Å². The van der Waals surface area contributed by atoms with Crippen LogP contribution in [0.3, 0.4) is 0 Å². The molecule has 1 aromatic heterocycles. The minimum absolute atomic E-state index is 0.174. The van der Waals surface area contributed by atoms with Gasteiger partial charge < -0.3 is 9.80 Å². The Hall–Kier alpha value is -2.27. The number of amides is 1. The van der Waals surface area contributed by atoms with Crippen LogP contribution in [0.2, 0.25) is 0 Å². The second kappa shape index (κ2) is 8.39. The first-order valence-corrected chi connectivity index (χ1v) is 10.3. The van der Waals surface area contributed by atoms with Gasteiger partial charge in [0.15, 0.2) is 0 Å². The van der Waals surface area contributed by atoms with Crippen LogP contribution in [-0.2, 0) is 4.79 Å². The summed E-state index contributed by atoms with van der Waals surface area (Å²) in [5, 5.41) is 0. The summed E-state index contributed by atoms with van der Waals surface area (Å²) in [6.07, 6.45) is 4.01. The molecule has 0 unspecified atom stereocenters. The lowest BCUT2D eigenvalue weighted by molar-refractivity contribution is -0.138. The van der Waals surface area contributed by atoms with Crippen molar-refractivity contribution < 1.29 is 9.18 Å². The van der Waals surface area contributed by atoms with E-state index in [1.54, 1.807) is 12.1 Å². The quantitative estimate of drug-likeness (QED) is 0.808. The van der Waals surface area contributed by atoms with Gasteiger partial charge in [0.2, 0.25) is 5.91 Å². The average Bonchev–Trinajstić information content (AvgIpc) is 2.74. The van der Waals surface area contributed by atoms with Gasteiger partial charge in [0.05, 0.1) is 5.69 Å². The summed E-state index contributed by atoms with van der Waals surface area (Å²) in [5.41, 5.74) is 2.80. The van der Waals surface area contributed by atoms with Crippen molar-refractivity contribution in [1.82, 2.24) is 14.8 Å². The number of benzene rings is 1. The molecule has 1 amide bonds. The van der Waals surface area contributed by atoms with E-state index >= 15 is 0 Å². The SMILES string of the molecule is CN1CCC(C(=O)N2CCC[C@@H](c3cccc(-c4ccc(F)cc4)n3)C2)CC1. The van der Waals surface area contributed by atoms with Crippen LogP contribution in [0.5, 0.6) is 0 Å². The van der Waals surface area contributed by atoms with E-state index in [4.69, 9.17) is 4.98 Å². The summed E-state index contributed by atoms with van der Waals surface area (Å²) in [6.45, 7) is 3.63. The van der Waals surface area contributed by atoms with E-state index in [0.717, 1.165) is 68.8 Å². The van der Waals surface area contributed by atoms with Crippen LogP contribution in [0.15, 0.2) is 42.5 Å². The van der Waals surface area contributed by atoms with Crippen molar-refractivity contribution in [2.75, 3.05) is 33.2 Å². The van der Waals surface area contributed by atoms with Gasteiger partial charge in [-0.05, 0) is 82.2 Å². The van der Waals surface area contributed by atoms with E-state index in [1.807, 2.05) is 12.1 Å². The maximum Gasteiger partial charge on any atom is 0.225 e. The lowest BCUT2D eigenvalue weighted by Gasteiger charge is -2.37. The minimum Gasteiger partial charge on any atom is -0.342 e. The highest BCUT2D eigenvalue weighted by atomic mass is 19.1. The Morgan fingerprint density at radius 1 is 1.04 bits per heavy atom. The first kappa shape index (κ1) is 19.1. The molecule has 0 spiro atoms. The van der Waals surface area contributed by atoms with Gasteiger partial charge in [0.1, 0.15) is 5.82 Å². The van der Waals surface area contributed by atoms with Gasteiger partial charge in [-0.15, -0.1) is 0 Å². The molecule has 4 nitrogen and oxygen atoms in total. The van der Waals surface area contributed by atoms with Gasteiger partial charge in [-0.2, -0.15) is 0 Å². The zero-order valence-electron chi connectivity index (χ0n) is 16.5. The number of aromatic nitrogens is 1. The lowest BCUT2D eigenvalue weighted by Crippen LogP contribution is -2.45. The summed E-state index contributed by atoms with van der Waals surface area (Å²) in [5.74, 6) is 0.528. The molecule has 2 fully saturated rings. The second-order valence-corrected chi connectivity index (χ2v) is 8.16. The summed E-state index contributed by atoms with van der Waals surface area (Å²) >= 11 is 0. The fourth-order valence-corrected chi connectivity index (χ4v) is 4.39. The maximum atomic E-state index is 13.2. The Kier molecular flexibility index (Phi) is 5.72. The normalized spacial score (nSPS) is 21.6. The van der Waals surface area contributed by atoms with Crippen LogP contribution in [0.25, 0.3) is 11.3 Å². The molecule has 28 heavy (non-hydrogen) atoms. The summed E-state index contributed by atoms with van der Waals surface area (Å²) in [7, 11) is 2.12. The number of pyridine rings is 1. The number of piperidine rings is 2. The predicted octanol–water partition coefficient (Wildman–Crippen LogP) is 3.94. The zero-order valence-corrected chi connectivity index (χ0v) is 16.5. The summed E-state index contributed by atoms with van der Waals surface area (Å²) in [4.78, 5) is 22.2. The lowest BCUT2D eigenvalue weighted by atomic mass is 9.90. The molecule has 0 N–H and O–H groups in total. The molecule has 148 valence electrons. The number of likely N-dealkylation sites (tertiary alicyclic amines) is 2. The van der Waals surface area contributed by atoms with E-state index in [1.165, 1.54) is 12.1 Å². The van der Waals surface area contributed by atoms with E-state index < -0.39 is 0 Å². The molecule has 0 aliphatic carbocycles. The molecule has 2 aromatic rings. The largest absolute Gasteiger partial charge is 0.342 e. The molecule has 2 saturated heterocycles. The van der Waals surface area contributed by atoms with Crippen LogP contribution < -0.4 is 0 Å². The van der Waals surface area contributed by atoms with Crippen molar-refractivity contribution in [3.8, 4) is 11.3 Å². The van der Waals surface area contributed by atoms with Gasteiger partial charge in [0, 0.05) is 36.2 Å². The zero-order chi connectivity index (χ0) is 19.5. The summed E-state index contributed by atoms with van der Waals surface area (Å²) < 4.78 is 13.2. The molecule has 2 aliphatic rings. The molecule has 1 atom stereocenters. The fraction of sp³-hybridized carbons (Fsp3) is 0.478. The summed E-state index contributed by atoms with van der Waals surface area (Å²) in [6, 6.07) is 12.5. The number of nitrogens with zero attached hydrogens (tertiary/aromatic N) is 3. The van der Waals surface area contributed by atoms with Crippen molar-refractivity contribution >= 4 is 5.91 Å². The molecule has 5 heteroatoms. The molecule has 0 saturated carbocycles. The predicted molar refractivity (Wildman–Crippen MR) is 108 cm³/mol. The van der Waals surface area contributed by atoms with Crippen LogP contribution in [0, 0.1) is 11.7 Å². The number of rotatable bonds is 3. The van der Waals surface area contributed by atoms with Gasteiger partial charge in [-0.25, -0.2) is 4.39 Å². The van der Waals surface area contributed by atoms with Crippen LogP contribution in [-0.4, -0.2) is 53.9 Å². The average molecular weight is 381 g/mol. The van der Waals surface area contributed by atoms with E-state index in [-0.39, 0.29) is 17.7 Å². The molecule has 1 aromatic carbocycles. The Labute approximate surface area is 166 Å². The molecule has 3 heterocycles. The van der Waals surface area contributed by atoms with E-state index in [9.17, 15) is 9.18 Å². The monoisotopic (exact) mass is 381 g/mol. The number of hydrogen-bond donors (Lipinski definition) is 0. The van der Waals surface area contributed by atoms with Crippen LogP contribution in [0.1, 0.15) is 37.3 Å². The molecular formula is C23H28FN3O. The van der Waals surface area contributed by atoms with Crippen molar-refractivity contribution in [3.05, 3.63) is 54.0 Å². The Morgan fingerprint density at radius 3 is 2.54 bits per heavy atom. The van der Waals surface area contributed by atoms with Gasteiger partial charge in [0.25, 0.3) is 0 Å². The first-order chi connectivity index (χ1) is 13.6. The van der Waals surface area contributed by atoms with Crippen molar-refractivity contribution in [3.63, 3.8) is 0 Å². The highest BCUT2D eigenvalue weighted by Crippen LogP contribution is 2.29. The fourth-order valence-electron chi connectivity index (χ4n) is 4.39. The highest BCUT2D eigenvalue weighted by molar-refractivity contribution is 5.79. The van der Waals surface area contributed by atoms with Crippen molar-refractivity contribution in [1.29, 1.82) is 0 Å². The van der Waals surface area contributed by atoms with Crippen molar-refractivity contribution in [2.45, 2.75) is 31.6 Å². The maximum absolute atomic E-state index is 13.2. The number of carbonyl (C=O) groups excluding carboxylic acids is 1. The third-order valence-electron chi connectivity index (χ3n) is 6.13. The first-order valence-electron chi connectivity index (χ1n) is 10.3. The third-order valence-corrected chi connectivity index (χ3v) is 6.13. The third kappa shape index (κ3) is 4.25. The van der Waals surface area contributed by atoms with Gasteiger partial charge >= 0.3 is 0 Å². The Bertz CT molecular complexity index is 815. The number of carbonyl (C=O) groups is 1. The second-order valence-electron chi connectivity index (χ2n) is 8.16. The Balaban J connectivity index is 1.46. The molecule has 0 radical (unpaired) electrons. The molecule has 2 aliphatic heterocycles. The standard InChI is InChI=1S/C23H28FN3O/c1-26-14-11-18(12-15-26)23(28)27-13-3-4-19(16-27)22-6-2-5-21(25-22)17-7-9-20(24)10-8-17/h2,5-10,18-19H,3-4,11-16H2,1H3/t19-/m1/s1. The van der Waals surface area contributed by atoms with Crippen molar-refractivity contribution in [2.24, 2.45) is 5.92 Å². The number of hydrogen-bond acceptors (Lipinski definition) is 3. The van der Waals surface area contributed by atoms with E-state index in [2.05, 4.69) is 22.9 Å². The smallest absolute Gasteiger partial charge is 0.225 e. The van der Waals surface area contributed by atoms with E-state index in [0.29, 0.717) is 5.91 Å². The van der Waals surface area contributed by atoms with Gasteiger partial charge in [-0.1, -0.05) is 6.07 Å². The molecular weight excluding hydrogens is 353 g/mol. The molecule has 0 bridgehead atoms. The van der Waals surface area contributed by atoms with Crippen LogP contribution in [0.4, 0.5) is 4.39 Å². The highest BCUT2D eigenvalue weighted by Gasteiger charge is 2.31.